The molecule has 4 atom stereocenters. The third-order valence-electron chi connectivity index (χ3n) is 6.27. The number of nitrogens with zero attached hydrogens (tertiary/aromatic N) is 2. The summed E-state index contributed by atoms with van der Waals surface area (Å²) in [5.74, 6) is -0.674. The van der Waals surface area contributed by atoms with Crippen molar-refractivity contribution in [2.75, 3.05) is 13.1 Å². The molecule has 4 rings (SSSR count). The molecule has 138 valence electrons. The van der Waals surface area contributed by atoms with Crippen LogP contribution in [0.2, 0.25) is 0 Å². The molecule has 2 aromatic rings. The second-order valence-corrected chi connectivity index (χ2v) is 7.70. The lowest BCUT2D eigenvalue weighted by atomic mass is 9.88. The van der Waals surface area contributed by atoms with Crippen LogP contribution in [0.5, 0.6) is 0 Å². The van der Waals surface area contributed by atoms with Crippen LogP contribution in [0.25, 0.3) is 10.9 Å². The van der Waals surface area contributed by atoms with Crippen molar-refractivity contribution in [3.63, 3.8) is 0 Å². The van der Waals surface area contributed by atoms with Gasteiger partial charge in [0.25, 0.3) is 0 Å². The van der Waals surface area contributed by atoms with Gasteiger partial charge in [0.05, 0.1) is 0 Å². The molecule has 1 aromatic heterocycles. The van der Waals surface area contributed by atoms with Gasteiger partial charge in [-0.25, -0.2) is 0 Å². The van der Waals surface area contributed by atoms with E-state index >= 15 is 0 Å². The van der Waals surface area contributed by atoms with Gasteiger partial charge >= 0.3 is 0 Å². The average molecular weight is 357 g/mol. The van der Waals surface area contributed by atoms with Gasteiger partial charge in [-0.05, 0) is 30.4 Å². The molecular formula is C19H23N3O4. The Morgan fingerprint density at radius 1 is 1.42 bits per heavy atom. The maximum absolute atomic E-state index is 12.5. The van der Waals surface area contributed by atoms with Crippen LogP contribution in [0.3, 0.4) is 0 Å². The van der Waals surface area contributed by atoms with E-state index in [4.69, 9.17) is 0 Å². The molecule has 0 bridgehead atoms. The summed E-state index contributed by atoms with van der Waals surface area (Å²) in [6.45, 7) is 2.18. The summed E-state index contributed by atoms with van der Waals surface area (Å²) in [7, 11) is 0. The average Bonchev–Trinajstić information content (AvgIpc) is 3.17. The number of carbonyl (C=O) groups excluding carboxylic acids is 1. The molecule has 1 saturated heterocycles. The molecule has 2 N–H and O–H groups in total. The molecule has 2 unspecified atom stereocenters. The van der Waals surface area contributed by atoms with Gasteiger partial charge in [0, 0.05) is 46.8 Å². The fourth-order valence-corrected chi connectivity index (χ4v) is 5.02. The van der Waals surface area contributed by atoms with E-state index in [1.54, 1.807) is 4.90 Å². The highest BCUT2D eigenvalue weighted by atomic mass is 16.6. The molecule has 0 spiro atoms. The van der Waals surface area contributed by atoms with Crippen LogP contribution in [0.4, 0.5) is 0 Å². The summed E-state index contributed by atoms with van der Waals surface area (Å²) < 4.78 is 0. The lowest BCUT2D eigenvalue weighted by Crippen LogP contribution is -2.48. The third kappa shape index (κ3) is 2.58. The molecule has 2 heterocycles. The van der Waals surface area contributed by atoms with Crippen LogP contribution in [0.15, 0.2) is 30.5 Å². The second kappa shape index (κ2) is 6.09. The van der Waals surface area contributed by atoms with Crippen LogP contribution in [-0.4, -0.2) is 44.6 Å². The maximum atomic E-state index is 12.5. The normalized spacial score (nSPS) is 30.9. The van der Waals surface area contributed by atoms with E-state index in [0.717, 1.165) is 16.5 Å². The third-order valence-corrected chi connectivity index (χ3v) is 6.27. The number of likely N-dealkylation sites (tertiary alicyclic amines) is 1. The smallest absolute Gasteiger partial charge is 0.225 e. The molecular weight excluding hydrogens is 334 g/mol. The first-order chi connectivity index (χ1) is 12.4. The lowest BCUT2D eigenvalue weighted by Gasteiger charge is -2.34. The quantitative estimate of drug-likeness (QED) is 0.633. The van der Waals surface area contributed by atoms with Crippen molar-refractivity contribution < 1.29 is 14.8 Å². The number of H-pyrrole nitrogens is 1. The van der Waals surface area contributed by atoms with Crippen molar-refractivity contribution in [1.82, 2.24) is 9.88 Å². The Labute approximate surface area is 151 Å². The molecule has 7 heteroatoms. The number of aromatic nitrogens is 1. The number of fused-ring (bicyclic) bond motifs is 2. The molecule has 1 amide bonds. The Balaban J connectivity index is 1.54. The minimum Gasteiger partial charge on any atom is -0.370 e. The molecule has 0 radical (unpaired) electrons. The van der Waals surface area contributed by atoms with E-state index < -0.39 is 5.72 Å². The van der Waals surface area contributed by atoms with Gasteiger partial charge in [-0.2, -0.15) is 0 Å². The zero-order chi connectivity index (χ0) is 18.5. The van der Waals surface area contributed by atoms with Gasteiger partial charge in [0.15, 0.2) is 0 Å². The van der Waals surface area contributed by atoms with Crippen molar-refractivity contribution in [3.05, 3.63) is 46.1 Å². The minimum absolute atomic E-state index is 0.0269. The molecule has 1 saturated carbocycles. The summed E-state index contributed by atoms with van der Waals surface area (Å²) in [5.41, 5.74) is 0.907. The Bertz CT molecular complexity index is 863. The molecule has 1 aliphatic heterocycles. The molecule has 26 heavy (non-hydrogen) atoms. The number of benzene rings is 1. The van der Waals surface area contributed by atoms with E-state index in [-0.39, 0.29) is 41.5 Å². The van der Waals surface area contributed by atoms with Crippen molar-refractivity contribution >= 4 is 16.8 Å². The molecule has 2 fully saturated rings. The number of aliphatic hydroxyl groups is 1. The predicted molar refractivity (Wildman–Crippen MR) is 95.9 cm³/mol. The summed E-state index contributed by atoms with van der Waals surface area (Å²) in [5, 5.41) is 23.3. The van der Waals surface area contributed by atoms with Gasteiger partial charge in [-0.1, -0.05) is 25.1 Å². The molecule has 7 nitrogen and oxygen atoms in total. The number of carbonyl (C=O) groups is 1. The van der Waals surface area contributed by atoms with E-state index in [1.807, 2.05) is 37.4 Å². The summed E-state index contributed by atoms with van der Waals surface area (Å²) in [6, 6.07) is 7.99. The van der Waals surface area contributed by atoms with E-state index in [2.05, 4.69) is 4.98 Å². The fourth-order valence-electron chi connectivity index (χ4n) is 5.02. The first-order valence-corrected chi connectivity index (χ1v) is 9.10. The Morgan fingerprint density at radius 2 is 2.19 bits per heavy atom. The van der Waals surface area contributed by atoms with Crippen LogP contribution in [-0.2, 0) is 11.2 Å². The van der Waals surface area contributed by atoms with Crippen molar-refractivity contribution in [3.8, 4) is 0 Å². The van der Waals surface area contributed by atoms with Crippen LogP contribution in [0.1, 0.15) is 25.3 Å². The Morgan fingerprint density at radius 3 is 2.96 bits per heavy atom. The van der Waals surface area contributed by atoms with Gasteiger partial charge in [-0.15, -0.1) is 0 Å². The van der Waals surface area contributed by atoms with Gasteiger partial charge in [0.2, 0.25) is 12.5 Å². The number of nitro groups is 1. The number of rotatable bonds is 5. The first kappa shape index (κ1) is 17.0. The number of para-hydroxylation sites is 1. The van der Waals surface area contributed by atoms with Crippen LogP contribution < -0.4 is 0 Å². The molecule has 1 aromatic carbocycles. The topological polar surface area (TPSA) is 99.5 Å². The number of amides is 1. The van der Waals surface area contributed by atoms with Gasteiger partial charge in [0.1, 0.15) is 5.72 Å². The lowest BCUT2D eigenvalue weighted by molar-refractivity contribution is -0.491. The van der Waals surface area contributed by atoms with Gasteiger partial charge in [-0.3, -0.25) is 14.9 Å². The molecule has 1 aliphatic carbocycles. The van der Waals surface area contributed by atoms with Crippen molar-refractivity contribution in [2.45, 2.75) is 31.9 Å². The van der Waals surface area contributed by atoms with Crippen LogP contribution in [0, 0.1) is 27.9 Å². The summed E-state index contributed by atoms with van der Waals surface area (Å²) in [6.07, 6.45) is 3.20. The first-order valence-electron chi connectivity index (χ1n) is 9.10. The van der Waals surface area contributed by atoms with E-state index in [0.29, 0.717) is 19.4 Å². The largest absolute Gasteiger partial charge is 0.370 e. The number of hydrogen-bond acceptors (Lipinski definition) is 4. The van der Waals surface area contributed by atoms with E-state index in [1.165, 1.54) is 0 Å². The number of nitrogens with one attached hydrogen (secondary N) is 1. The summed E-state index contributed by atoms with van der Waals surface area (Å²) in [4.78, 5) is 28.0. The minimum atomic E-state index is -1.25. The Kier molecular flexibility index (Phi) is 3.99. The molecule has 2 aliphatic rings. The zero-order valence-electron chi connectivity index (χ0n) is 14.7. The number of hydrogen-bond donors (Lipinski definition) is 2. The summed E-state index contributed by atoms with van der Waals surface area (Å²) >= 11 is 0. The van der Waals surface area contributed by atoms with Crippen molar-refractivity contribution in [2.24, 2.45) is 17.8 Å². The van der Waals surface area contributed by atoms with E-state index in [9.17, 15) is 20.0 Å². The van der Waals surface area contributed by atoms with Gasteiger partial charge < -0.3 is 15.0 Å². The fraction of sp³-hybridized carbons (Fsp3) is 0.526. The van der Waals surface area contributed by atoms with Crippen LogP contribution >= 0.6 is 0 Å². The highest BCUT2D eigenvalue weighted by Crippen LogP contribution is 2.52. The SMILES string of the molecule is C[C@H]1CC2(O)C(CC(=O)N2CCc2c[nH]c3ccccc23)[C@@H]1C[N+](=O)[O-]. The number of aromatic amines is 1. The Hall–Kier alpha value is -2.41. The standard InChI is InChI=1S/C19H23N3O4/c1-12-9-19(24)16(15(12)11-22(25)26)8-18(23)21(19)7-6-13-10-20-17-5-3-2-4-14(13)17/h2-5,10,12,15-16,20,24H,6-9,11H2,1H3/t12-,15+,16?,19?/m0/s1. The second-order valence-electron chi connectivity index (χ2n) is 7.70. The monoisotopic (exact) mass is 357 g/mol. The highest BCUT2D eigenvalue weighted by Gasteiger charge is 2.61. The predicted octanol–water partition coefficient (Wildman–Crippen LogP) is 2.18. The van der Waals surface area contributed by atoms with Crippen molar-refractivity contribution in [1.29, 1.82) is 0 Å². The highest BCUT2D eigenvalue weighted by molar-refractivity contribution is 5.83. The zero-order valence-corrected chi connectivity index (χ0v) is 14.7. The maximum Gasteiger partial charge on any atom is 0.225 e.